The second-order valence-electron chi connectivity index (χ2n) is 5.48. The molecule has 0 spiro atoms. The van der Waals surface area contributed by atoms with E-state index in [4.69, 9.17) is 28.3 Å². The topological polar surface area (TPSA) is 86.7 Å². The third-order valence-electron chi connectivity index (χ3n) is 3.88. The summed E-state index contributed by atoms with van der Waals surface area (Å²) in [5.41, 5.74) is 0. The van der Waals surface area contributed by atoms with E-state index in [2.05, 4.69) is 4.72 Å². The van der Waals surface area contributed by atoms with Crippen LogP contribution in [0.1, 0.15) is 19.8 Å². The van der Waals surface area contributed by atoms with Crippen molar-refractivity contribution in [2.24, 2.45) is 0 Å². The van der Waals surface area contributed by atoms with Crippen molar-refractivity contribution in [1.82, 2.24) is 9.62 Å². The zero-order chi connectivity index (χ0) is 17.2. The van der Waals surface area contributed by atoms with Crippen LogP contribution in [-0.2, 0) is 14.8 Å². The summed E-state index contributed by atoms with van der Waals surface area (Å²) in [4.78, 5) is 12.6. The third kappa shape index (κ3) is 4.58. The Morgan fingerprint density at radius 2 is 2.04 bits per heavy atom. The summed E-state index contributed by atoms with van der Waals surface area (Å²) in [5.74, 6) is -0.887. The number of hydrogen-bond donors (Lipinski definition) is 2. The largest absolute Gasteiger partial charge is 0.480 e. The number of rotatable bonds is 7. The molecule has 0 heterocycles. The molecule has 0 amide bonds. The summed E-state index contributed by atoms with van der Waals surface area (Å²) >= 11 is 11.8. The number of carboxylic acid groups (broad SMARTS) is 1. The molecule has 0 atom stereocenters. The van der Waals surface area contributed by atoms with Gasteiger partial charge in [-0.1, -0.05) is 30.1 Å². The predicted octanol–water partition coefficient (Wildman–Crippen LogP) is 2.21. The first-order chi connectivity index (χ1) is 10.7. The van der Waals surface area contributed by atoms with Gasteiger partial charge in [0, 0.05) is 17.1 Å². The van der Waals surface area contributed by atoms with Crippen LogP contribution in [0.4, 0.5) is 0 Å². The normalized spacial score (nSPS) is 21.2. The first-order valence-corrected chi connectivity index (χ1v) is 9.40. The zero-order valence-corrected chi connectivity index (χ0v) is 14.8. The van der Waals surface area contributed by atoms with Crippen molar-refractivity contribution in [2.75, 3.05) is 13.1 Å². The highest BCUT2D eigenvalue weighted by atomic mass is 35.5. The average molecular weight is 381 g/mol. The molecule has 1 aliphatic carbocycles. The SMILES string of the molecule is CCN(CC(=O)O)C1CC(NS(=O)(=O)c2cc(Cl)ccc2Cl)C1. The molecule has 0 saturated heterocycles. The second kappa shape index (κ2) is 7.36. The van der Waals surface area contributed by atoms with Crippen molar-refractivity contribution < 1.29 is 18.3 Å². The number of halogens is 2. The Morgan fingerprint density at radius 1 is 1.39 bits per heavy atom. The van der Waals surface area contributed by atoms with Gasteiger partial charge in [0.25, 0.3) is 0 Å². The minimum absolute atomic E-state index is 0.0409. The maximum Gasteiger partial charge on any atom is 0.317 e. The van der Waals surface area contributed by atoms with Crippen LogP contribution in [0.3, 0.4) is 0 Å². The molecule has 0 unspecified atom stereocenters. The summed E-state index contributed by atoms with van der Waals surface area (Å²) in [7, 11) is -3.75. The maximum atomic E-state index is 12.4. The van der Waals surface area contributed by atoms with Gasteiger partial charge in [-0.05, 0) is 37.6 Å². The van der Waals surface area contributed by atoms with Gasteiger partial charge >= 0.3 is 5.97 Å². The number of carbonyl (C=O) groups is 1. The minimum Gasteiger partial charge on any atom is -0.480 e. The van der Waals surface area contributed by atoms with Gasteiger partial charge in [0.1, 0.15) is 4.90 Å². The Kier molecular flexibility index (Phi) is 5.91. The molecule has 6 nitrogen and oxygen atoms in total. The fourth-order valence-corrected chi connectivity index (χ4v) is 4.65. The Labute approximate surface area is 145 Å². The molecule has 1 aromatic carbocycles. The quantitative estimate of drug-likeness (QED) is 0.756. The highest BCUT2D eigenvalue weighted by Crippen LogP contribution is 2.29. The molecule has 9 heteroatoms. The molecule has 2 N–H and O–H groups in total. The summed E-state index contributed by atoms with van der Waals surface area (Å²) in [6, 6.07) is 4.10. The molecule has 1 saturated carbocycles. The number of hydrogen-bond acceptors (Lipinski definition) is 4. The molecule has 1 aromatic rings. The molecule has 0 bridgehead atoms. The fourth-order valence-electron chi connectivity index (χ4n) is 2.62. The van der Waals surface area contributed by atoms with E-state index in [9.17, 15) is 13.2 Å². The van der Waals surface area contributed by atoms with Gasteiger partial charge in [0.05, 0.1) is 11.6 Å². The van der Waals surface area contributed by atoms with Crippen molar-refractivity contribution in [3.63, 3.8) is 0 Å². The molecule has 128 valence electrons. The van der Waals surface area contributed by atoms with Crippen molar-refractivity contribution in [3.8, 4) is 0 Å². The number of nitrogens with zero attached hydrogens (tertiary/aromatic N) is 1. The minimum atomic E-state index is -3.75. The molecule has 2 rings (SSSR count). The van der Waals surface area contributed by atoms with Crippen LogP contribution in [0.15, 0.2) is 23.1 Å². The van der Waals surface area contributed by atoms with E-state index in [1.54, 1.807) is 0 Å². The molecule has 23 heavy (non-hydrogen) atoms. The number of likely N-dealkylation sites (N-methyl/N-ethyl adjacent to an activating group) is 1. The van der Waals surface area contributed by atoms with Gasteiger partial charge in [0.15, 0.2) is 0 Å². The smallest absolute Gasteiger partial charge is 0.317 e. The standard InChI is InChI=1S/C14H18Cl2N2O4S/c1-2-18(8-14(19)20)11-6-10(7-11)17-23(21,22)13-5-9(15)3-4-12(13)16/h3-5,10-11,17H,2,6-8H2,1H3,(H,19,20). The molecular formula is C14H18Cl2N2O4S. The monoisotopic (exact) mass is 380 g/mol. The number of benzene rings is 1. The van der Waals surface area contributed by atoms with Gasteiger partial charge in [-0.3, -0.25) is 9.69 Å². The Hall–Kier alpha value is -0.860. The van der Waals surface area contributed by atoms with E-state index >= 15 is 0 Å². The number of aliphatic carboxylic acids is 1. The molecule has 1 aliphatic rings. The van der Waals surface area contributed by atoms with Gasteiger partial charge < -0.3 is 5.11 Å². The van der Waals surface area contributed by atoms with Gasteiger partial charge in [-0.2, -0.15) is 0 Å². The molecule has 0 aromatic heterocycles. The lowest BCUT2D eigenvalue weighted by molar-refractivity contribution is -0.139. The van der Waals surface area contributed by atoms with Crippen LogP contribution in [0.5, 0.6) is 0 Å². The second-order valence-corrected chi connectivity index (χ2v) is 8.00. The van der Waals surface area contributed by atoms with Gasteiger partial charge in [-0.25, -0.2) is 13.1 Å². The van der Waals surface area contributed by atoms with E-state index in [0.717, 1.165) is 0 Å². The van der Waals surface area contributed by atoms with Crippen LogP contribution in [0.2, 0.25) is 10.0 Å². The van der Waals surface area contributed by atoms with Crippen LogP contribution in [0, 0.1) is 0 Å². The van der Waals surface area contributed by atoms with Crippen LogP contribution >= 0.6 is 23.2 Å². The van der Waals surface area contributed by atoms with E-state index < -0.39 is 16.0 Å². The third-order valence-corrected chi connectivity index (χ3v) is 6.12. The van der Waals surface area contributed by atoms with E-state index in [-0.39, 0.29) is 28.5 Å². The Balaban J connectivity index is 1.99. The van der Waals surface area contributed by atoms with Crippen LogP contribution in [0.25, 0.3) is 0 Å². The maximum absolute atomic E-state index is 12.4. The fraction of sp³-hybridized carbons (Fsp3) is 0.500. The molecule has 0 radical (unpaired) electrons. The highest BCUT2D eigenvalue weighted by Gasteiger charge is 2.36. The first kappa shape index (κ1) is 18.5. The lowest BCUT2D eigenvalue weighted by Gasteiger charge is -2.42. The van der Waals surface area contributed by atoms with Crippen LogP contribution in [-0.4, -0.2) is 49.6 Å². The molecule has 0 aliphatic heterocycles. The lowest BCUT2D eigenvalue weighted by Crippen LogP contribution is -2.54. The summed E-state index contributed by atoms with van der Waals surface area (Å²) in [5, 5.41) is 9.26. The Bertz CT molecular complexity index is 690. The summed E-state index contributed by atoms with van der Waals surface area (Å²) in [6.45, 7) is 2.45. The highest BCUT2D eigenvalue weighted by molar-refractivity contribution is 7.89. The summed E-state index contributed by atoms with van der Waals surface area (Å²) in [6.07, 6.45) is 1.14. The number of sulfonamides is 1. The van der Waals surface area contributed by atoms with Crippen molar-refractivity contribution >= 4 is 39.2 Å². The number of nitrogens with one attached hydrogen (secondary N) is 1. The van der Waals surface area contributed by atoms with Crippen molar-refractivity contribution in [3.05, 3.63) is 28.2 Å². The predicted molar refractivity (Wildman–Crippen MR) is 88.5 cm³/mol. The summed E-state index contributed by atoms with van der Waals surface area (Å²) < 4.78 is 27.3. The van der Waals surface area contributed by atoms with E-state index in [1.165, 1.54) is 18.2 Å². The first-order valence-electron chi connectivity index (χ1n) is 7.16. The lowest BCUT2D eigenvalue weighted by atomic mass is 9.86. The zero-order valence-electron chi connectivity index (χ0n) is 12.5. The average Bonchev–Trinajstić information content (AvgIpc) is 2.42. The van der Waals surface area contributed by atoms with Gasteiger partial charge in [-0.15, -0.1) is 0 Å². The molecule has 1 fully saturated rings. The Morgan fingerprint density at radius 3 is 2.61 bits per heavy atom. The van der Waals surface area contributed by atoms with Crippen molar-refractivity contribution in [1.29, 1.82) is 0 Å². The van der Waals surface area contributed by atoms with E-state index in [1.807, 2.05) is 11.8 Å². The molecular weight excluding hydrogens is 363 g/mol. The van der Waals surface area contributed by atoms with E-state index in [0.29, 0.717) is 24.4 Å². The van der Waals surface area contributed by atoms with Gasteiger partial charge in [0.2, 0.25) is 10.0 Å². The van der Waals surface area contributed by atoms with Crippen LogP contribution < -0.4 is 4.72 Å². The van der Waals surface area contributed by atoms with Crippen molar-refractivity contribution in [2.45, 2.75) is 36.7 Å². The number of carboxylic acids is 1.